The molecule has 1 unspecified atom stereocenters. The van der Waals surface area contributed by atoms with E-state index in [0.29, 0.717) is 18.2 Å². The second-order valence-corrected chi connectivity index (χ2v) is 5.33. The number of halogens is 1. The second-order valence-electron chi connectivity index (χ2n) is 5.33. The number of hydrogen-bond donors (Lipinski definition) is 1. The fourth-order valence-electron chi connectivity index (χ4n) is 2.62. The van der Waals surface area contributed by atoms with Crippen molar-refractivity contribution in [2.75, 3.05) is 13.1 Å². The van der Waals surface area contributed by atoms with Crippen molar-refractivity contribution in [3.05, 3.63) is 47.4 Å². The molecule has 1 atom stereocenters. The van der Waals surface area contributed by atoms with Gasteiger partial charge < -0.3 is 9.84 Å². The van der Waals surface area contributed by atoms with Crippen LogP contribution in [0.1, 0.15) is 30.1 Å². The lowest BCUT2D eigenvalue weighted by Crippen LogP contribution is -2.31. The van der Waals surface area contributed by atoms with E-state index in [1.54, 1.807) is 6.07 Å². The average Bonchev–Trinajstić information content (AvgIpc) is 2.87. The molecule has 1 aromatic carbocycles. The third-order valence-corrected chi connectivity index (χ3v) is 3.62. The van der Waals surface area contributed by atoms with Gasteiger partial charge >= 0.3 is 0 Å². The molecular weight excluding hydrogens is 257 g/mol. The van der Waals surface area contributed by atoms with Crippen LogP contribution in [0.3, 0.4) is 0 Å². The highest BCUT2D eigenvalue weighted by Crippen LogP contribution is 2.16. The highest BCUT2D eigenvalue weighted by molar-refractivity contribution is 5.19. The number of aromatic nitrogens is 2. The van der Waals surface area contributed by atoms with Gasteiger partial charge in [-0.3, -0.25) is 0 Å². The number of benzene rings is 1. The van der Waals surface area contributed by atoms with Gasteiger partial charge in [-0.25, -0.2) is 4.39 Å². The normalized spacial score (nSPS) is 19.1. The summed E-state index contributed by atoms with van der Waals surface area (Å²) in [7, 11) is 0. The molecule has 1 aromatic heterocycles. The quantitative estimate of drug-likeness (QED) is 0.930. The molecule has 5 heteroatoms. The number of rotatable bonds is 4. The molecule has 0 radical (unpaired) electrons. The van der Waals surface area contributed by atoms with Gasteiger partial charge in [0, 0.05) is 6.42 Å². The van der Waals surface area contributed by atoms with Crippen molar-refractivity contribution >= 4 is 0 Å². The summed E-state index contributed by atoms with van der Waals surface area (Å²) < 4.78 is 18.4. The van der Waals surface area contributed by atoms with Crippen molar-refractivity contribution in [1.82, 2.24) is 15.5 Å². The molecule has 1 fully saturated rings. The second kappa shape index (κ2) is 6.13. The average molecular weight is 275 g/mol. The minimum atomic E-state index is -0.240. The van der Waals surface area contributed by atoms with Crippen LogP contribution in [-0.2, 0) is 12.8 Å². The van der Waals surface area contributed by atoms with E-state index in [2.05, 4.69) is 15.5 Å². The Morgan fingerprint density at radius 2 is 2.35 bits per heavy atom. The molecule has 2 heterocycles. The van der Waals surface area contributed by atoms with E-state index in [1.807, 2.05) is 6.07 Å². The Morgan fingerprint density at radius 1 is 1.40 bits per heavy atom. The van der Waals surface area contributed by atoms with E-state index in [9.17, 15) is 4.39 Å². The molecule has 0 saturated carbocycles. The van der Waals surface area contributed by atoms with Crippen LogP contribution in [0.15, 0.2) is 28.8 Å². The zero-order valence-corrected chi connectivity index (χ0v) is 11.3. The van der Waals surface area contributed by atoms with Crippen LogP contribution in [0.2, 0.25) is 0 Å². The zero-order valence-electron chi connectivity index (χ0n) is 11.3. The van der Waals surface area contributed by atoms with E-state index in [0.717, 1.165) is 30.9 Å². The molecule has 0 bridgehead atoms. The Morgan fingerprint density at radius 3 is 3.15 bits per heavy atom. The van der Waals surface area contributed by atoms with Gasteiger partial charge in [-0.2, -0.15) is 4.98 Å². The van der Waals surface area contributed by atoms with Gasteiger partial charge in [-0.05, 0) is 49.5 Å². The van der Waals surface area contributed by atoms with Crippen LogP contribution in [0.4, 0.5) is 4.39 Å². The minimum absolute atomic E-state index is 0.240. The van der Waals surface area contributed by atoms with Crippen LogP contribution < -0.4 is 5.32 Å². The van der Waals surface area contributed by atoms with Crippen LogP contribution in [0, 0.1) is 11.7 Å². The topological polar surface area (TPSA) is 51.0 Å². The molecule has 4 nitrogen and oxygen atoms in total. The van der Waals surface area contributed by atoms with Crippen LogP contribution in [0.25, 0.3) is 0 Å². The maximum atomic E-state index is 13.1. The molecule has 3 rings (SSSR count). The monoisotopic (exact) mass is 275 g/mol. The Labute approximate surface area is 117 Å². The zero-order chi connectivity index (χ0) is 13.8. The Kier molecular flexibility index (Phi) is 4.06. The third-order valence-electron chi connectivity index (χ3n) is 3.62. The molecule has 0 amide bonds. The standard InChI is InChI=1S/C15H18FN3O/c16-13-5-1-3-11(7-13)9-15-18-14(19-20-15)8-12-4-2-6-17-10-12/h1,3,5,7,12,17H,2,4,6,8-10H2. The Hall–Kier alpha value is -1.75. The van der Waals surface area contributed by atoms with Crippen molar-refractivity contribution in [3.63, 3.8) is 0 Å². The maximum Gasteiger partial charge on any atom is 0.231 e. The van der Waals surface area contributed by atoms with E-state index in [-0.39, 0.29) is 5.82 Å². The first kappa shape index (κ1) is 13.2. The van der Waals surface area contributed by atoms with Gasteiger partial charge in [0.1, 0.15) is 5.82 Å². The molecule has 1 aliphatic rings. The summed E-state index contributed by atoms with van der Waals surface area (Å²) in [6.07, 6.45) is 3.74. The highest BCUT2D eigenvalue weighted by Gasteiger charge is 2.17. The first-order valence-electron chi connectivity index (χ1n) is 7.06. The molecule has 0 spiro atoms. The molecule has 2 aromatic rings. The van der Waals surface area contributed by atoms with Gasteiger partial charge in [0.25, 0.3) is 0 Å². The number of nitrogens with one attached hydrogen (secondary N) is 1. The summed E-state index contributed by atoms with van der Waals surface area (Å²) in [4.78, 5) is 4.40. The first-order valence-corrected chi connectivity index (χ1v) is 7.06. The number of nitrogens with zero attached hydrogens (tertiary/aromatic N) is 2. The van der Waals surface area contributed by atoms with Crippen LogP contribution >= 0.6 is 0 Å². The van der Waals surface area contributed by atoms with Gasteiger partial charge in [0.15, 0.2) is 5.82 Å². The van der Waals surface area contributed by atoms with Crippen molar-refractivity contribution in [1.29, 1.82) is 0 Å². The Bertz CT molecular complexity index is 564. The van der Waals surface area contributed by atoms with E-state index in [1.165, 1.54) is 25.0 Å². The van der Waals surface area contributed by atoms with Crippen molar-refractivity contribution in [3.8, 4) is 0 Å². The molecule has 20 heavy (non-hydrogen) atoms. The largest absolute Gasteiger partial charge is 0.339 e. The Balaban J connectivity index is 1.61. The predicted molar refractivity (Wildman–Crippen MR) is 72.8 cm³/mol. The number of piperidine rings is 1. The van der Waals surface area contributed by atoms with Crippen molar-refractivity contribution in [2.45, 2.75) is 25.7 Å². The maximum absolute atomic E-state index is 13.1. The molecule has 1 aliphatic heterocycles. The van der Waals surface area contributed by atoms with Gasteiger partial charge in [-0.1, -0.05) is 17.3 Å². The summed E-state index contributed by atoms with van der Waals surface area (Å²) in [5.74, 6) is 1.65. The van der Waals surface area contributed by atoms with Crippen LogP contribution in [-0.4, -0.2) is 23.2 Å². The summed E-state index contributed by atoms with van der Waals surface area (Å²) in [6.45, 7) is 2.13. The van der Waals surface area contributed by atoms with E-state index < -0.39 is 0 Å². The number of hydrogen-bond acceptors (Lipinski definition) is 4. The van der Waals surface area contributed by atoms with Gasteiger partial charge in [-0.15, -0.1) is 0 Å². The smallest absolute Gasteiger partial charge is 0.231 e. The molecular formula is C15H18FN3O. The van der Waals surface area contributed by atoms with Crippen molar-refractivity contribution < 1.29 is 8.91 Å². The van der Waals surface area contributed by atoms with Crippen LogP contribution in [0.5, 0.6) is 0 Å². The fourth-order valence-corrected chi connectivity index (χ4v) is 2.62. The van der Waals surface area contributed by atoms with Crippen molar-refractivity contribution in [2.24, 2.45) is 5.92 Å². The predicted octanol–water partition coefficient (Wildman–Crippen LogP) is 2.34. The molecule has 106 valence electrons. The van der Waals surface area contributed by atoms with E-state index in [4.69, 9.17) is 4.52 Å². The third kappa shape index (κ3) is 3.42. The summed E-state index contributed by atoms with van der Waals surface area (Å²) >= 11 is 0. The summed E-state index contributed by atoms with van der Waals surface area (Å²) in [6, 6.07) is 6.47. The van der Waals surface area contributed by atoms with Gasteiger partial charge in [0.2, 0.25) is 5.89 Å². The lowest BCUT2D eigenvalue weighted by Gasteiger charge is -2.20. The molecule has 1 saturated heterocycles. The van der Waals surface area contributed by atoms with Gasteiger partial charge in [0.05, 0.1) is 6.42 Å². The lowest BCUT2D eigenvalue weighted by molar-refractivity contribution is 0.351. The fraction of sp³-hybridized carbons (Fsp3) is 0.467. The first-order chi connectivity index (χ1) is 9.79. The summed E-state index contributed by atoms with van der Waals surface area (Å²) in [5, 5.41) is 7.40. The van der Waals surface area contributed by atoms with E-state index >= 15 is 0 Å². The molecule has 0 aliphatic carbocycles. The minimum Gasteiger partial charge on any atom is -0.339 e. The summed E-state index contributed by atoms with van der Waals surface area (Å²) in [5.41, 5.74) is 0.847. The highest BCUT2D eigenvalue weighted by atomic mass is 19.1. The lowest BCUT2D eigenvalue weighted by atomic mass is 9.96. The SMILES string of the molecule is Fc1cccc(Cc2nc(CC3CCCNC3)no2)c1. The molecule has 1 N–H and O–H groups in total.